The van der Waals surface area contributed by atoms with Crippen molar-refractivity contribution in [2.24, 2.45) is 5.73 Å². The molecule has 2 N–H and O–H groups in total. The van der Waals surface area contributed by atoms with Crippen LogP contribution in [0.3, 0.4) is 0 Å². The largest absolute Gasteiger partial charge is 0.329 e. The van der Waals surface area contributed by atoms with E-state index in [-0.39, 0.29) is 11.9 Å². The molecule has 0 amide bonds. The van der Waals surface area contributed by atoms with Crippen LogP contribution in [0.4, 0.5) is 4.39 Å². The Morgan fingerprint density at radius 3 is 2.67 bits per heavy atom. The van der Waals surface area contributed by atoms with E-state index in [1.54, 1.807) is 6.07 Å². The topological polar surface area (TPSA) is 29.3 Å². The molecule has 1 aromatic rings. The van der Waals surface area contributed by atoms with Crippen molar-refractivity contribution in [3.8, 4) is 0 Å². The molecule has 0 heterocycles. The fraction of sp³-hybridized carbons (Fsp3) is 0.571. The minimum absolute atomic E-state index is 0.0425. The van der Waals surface area contributed by atoms with Gasteiger partial charge in [0, 0.05) is 22.6 Å². The normalized spacial score (nSPS) is 13.0. The lowest BCUT2D eigenvalue weighted by atomic mass is 10.0. The van der Waals surface area contributed by atoms with Crippen molar-refractivity contribution in [1.29, 1.82) is 0 Å². The molecule has 0 fully saturated rings. The molecule has 0 aliphatic heterocycles. The Labute approximate surface area is 117 Å². The highest BCUT2D eigenvalue weighted by Crippen LogP contribution is 2.26. The van der Waals surface area contributed by atoms with Crippen LogP contribution in [0.15, 0.2) is 22.7 Å². The molecule has 0 bridgehead atoms. The fourth-order valence-corrected chi connectivity index (χ4v) is 2.52. The lowest BCUT2D eigenvalue weighted by molar-refractivity contribution is 0.205. The zero-order valence-electron chi connectivity index (χ0n) is 11.1. The Morgan fingerprint density at radius 1 is 1.39 bits per heavy atom. The number of likely N-dealkylation sites (N-methyl/N-ethyl adjacent to an activating group) is 1. The first-order valence-corrected chi connectivity index (χ1v) is 7.32. The molecule has 2 nitrogen and oxygen atoms in total. The van der Waals surface area contributed by atoms with Crippen molar-refractivity contribution in [3.05, 3.63) is 34.1 Å². The number of benzene rings is 1. The third kappa shape index (κ3) is 4.04. The first-order chi connectivity index (χ1) is 8.63. The van der Waals surface area contributed by atoms with Crippen molar-refractivity contribution in [2.75, 3.05) is 19.6 Å². The Balaban J connectivity index is 2.95. The van der Waals surface area contributed by atoms with E-state index in [0.29, 0.717) is 12.1 Å². The SMILES string of the molecule is CCCCN(CC)C(CN)c1cc(Br)ccc1F. The molecule has 0 aliphatic rings. The van der Waals surface area contributed by atoms with E-state index in [4.69, 9.17) is 5.73 Å². The van der Waals surface area contributed by atoms with Crippen molar-refractivity contribution in [3.63, 3.8) is 0 Å². The van der Waals surface area contributed by atoms with Gasteiger partial charge in [0.1, 0.15) is 5.82 Å². The molecule has 1 unspecified atom stereocenters. The first kappa shape index (κ1) is 15.6. The van der Waals surface area contributed by atoms with Gasteiger partial charge in [-0.05, 0) is 37.7 Å². The molecular formula is C14H22BrFN2. The van der Waals surface area contributed by atoms with Crippen LogP contribution in [0, 0.1) is 5.82 Å². The summed E-state index contributed by atoms with van der Waals surface area (Å²) in [5.41, 5.74) is 6.53. The average molecular weight is 317 g/mol. The summed E-state index contributed by atoms with van der Waals surface area (Å²) in [7, 11) is 0. The summed E-state index contributed by atoms with van der Waals surface area (Å²) in [5, 5.41) is 0. The number of hydrogen-bond donors (Lipinski definition) is 1. The maximum absolute atomic E-state index is 13.9. The van der Waals surface area contributed by atoms with Crippen LogP contribution in [0.25, 0.3) is 0 Å². The number of rotatable bonds is 7. The molecule has 18 heavy (non-hydrogen) atoms. The number of nitrogens with zero attached hydrogens (tertiary/aromatic N) is 1. The van der Waals surface area contributed by atoms with E-state index in [9.17, 15) is 4.39 Å². The van der Waals surface area contributed by atoms with Gasteiger partial charge in [-0.1, -0.05) is 36.2 Å². The van der Waals surface area contributed by atoms with Gasteiger partial charge < -0.3 is 5.73 Å². The Bertz CT molecular complexity index is 371. The average Bonchev–Trinajstić information content (AvgIpc) is 2.38. The Hall–Kier alpha value is -0.450. The molecule has 0 saturated heterocycles. The summed E-state index contributed by atoms with van der Waals surface area (Å²) in [4.78, 5) is 2.24. The first-order valence-electron chi connectivity index (χ1n) is 6.53. The van der Waals surface area contributed by atoms with Gasteiger partial charge in [-0.15, -0.1) is 0 Å². The van der Waals surface area contributed by atoms with Gasteiger partial charge >= 0.3 is 0 Å². The molecule has 1 atom stereocenters. The lowest BCUT2D eigenvalue weighted by Crippen LogP contribution is -2.35. The number of nitrogens with two attached hydrogens (primary N) is 1. The van der Waals surface area contributed by atoms with Crippen molar-refractivity contribution < 1.29 is 4.39 Å². The quantitative estimate of drug-likeness (QED) is 0.831. The van der Waals surface area contributed by atoms with Crippen LogP contribution in [-0.4, -0.2) is 24.5 Å². The summed E-state index contributed by atoms with van der Waals surface area (Å²) in [6, 6.07) is 5.01. The summed E-state index contributed by atoms with van der Waals surface area (Å²) >= 11 is 3.39. The molecule has 4 heteroatoms. The lowest BCUT2D eigenvalue weighted by Gasteiger charge is -2.30. The van der Waals surface area contributed by atoms with Crippen LogP contribution in [0.2, 0.25) is 0 Å². The van der Waals surface area contributed by atoms with E-state index in [1.165, 1.54) is 6.07 Å². The van der Waals surface area contributed by atoms with Crippen LogP contribution < -0.4 is 5.73 Å². The van der Waals surface area contributed by atoms with E-state index in [1.807, 2.05) is 6.07 Å². The fourth-order valence-electron chi connectivity index (χ4n) is 2.14. The van der Waals surface area contributed by atoms with E-state index in [0.717, 1.165) is 30.4 Å². The minimum atomic E-state index is -0.177. The number of hydrogen-bond acceptors (Lipinski definition) is 2. The highest BCUT2D eigenvalue weighted by molar-refractivity contribution is 9.10. The third-order valence-corrected chi connectivity index (χ3v) is 3.68. The summed E-state index contributed by atoms with van der Waals surface area (Å²) in [6.45, 7) is 6.53. The predicted molar refractivity (Wildman–Crippen MR) is 78.1 cm³/mol. The summed E-state index contributed by atoms with van der Waals surface area (Å²) < 4.78 is 14.8. The van der Waals surface area contributed by atoms with Gasteiger partial charge in [0.15, 0.2) is 0 Å². The maximum atomic E-state index is 13.9. The van der Waals surface area contributed by atoms with Gasteiger partial charge in [-0.2, -0.15) is 0 Å². The van der Waals surface area contributed by atoms with Crippen molar-refractivity contribution in [1.82, 2.24) is 4.90 Å². The van der Waals surface area contributed by atoms with Gasteiger partial charge in [-0.25, -0.2) is 4.39 Å². The van der Waals surface area contributed by atoms with Gasteiger partial charge in [0.2, 0.25) is 0 Å². The van der Waals surface area contributed by atoms with E-state index < -0.39 is 0 Å². The van der Waals surface area contributed by atoms with Crippen LogP contribution >= 0.6 is 15.9 Å². The third-order valence-electron chi connectivity index (χ3n) is 3.19. The maximum Gasteiger partial charge on any atom is 0.128 e. The standard InChI is InChI=1S/C14H22BrFN2/c1-3-5-8-18(4-2)14(10-17)12-9-11(15)6-7-13(12)16/h6-7,9,14H,3-5,8,10,17H2,1-2H3. The van der Waals surface area contributed by atoms with Gasteiger partial charge in [0.25, 0.3) is 0 Å². The monoisotopic (exact) mass is 316 g/mol. The smallest absolute Gasteiger partial charge is 0.128 e. The van der Waals surface area contributed by atoms with Crippen molar-refractivity contribution in [2.45, 2.75) is 32.7 Å². The minimum Gasteiger partial charge on any atom is -0.329 e. The Kier molecular flexibility index (Phi) is 6.82. The molecule has 1 rings (SSSR count). The molecule has 0 saturated carbocycles. The van der Waals surface area contributed by atoms with Crippen LogP contribution in [0.5, 0.6) is 0 Å². The highest BCUT2D eigenvalue weighted by atomic mass is 79.9. The van der Waals surface area contributed by atoms with Crippen LogP contribution in [-0.2, 0) is 0 Å². The number of unbranched alkanes of at least 4 members (excludes halogenated alkanes) is 1. The zero-order valence-corrected chi connectivity index (χ0v) is 12.7. The second-order valence-corrected chi connectivity index (χ2v) is 5.32. The molecule has 102 valence electrons. The molecule has 1 aromatic carbocycles. The molecule has 0 spiro atoms. The molecule has 0 aromatic heterocycles. The van der Waals surface area contributed by atoms with Gasteiger partial charge in [-0.3, -0.25) is 4.90 Å². The van der Waals surface area contributed by atoms with Gasteiger partial charge in [0.05, 0.1) is 0 Å². The second-order valence-electron chi connectivity index (χ2n) is 4.40. The molecule has 0 radical (unpaired) electrons. The number of halogens is 2. The molecular weight excluding hydrogens is 295 g/mol. The Morgan fingerprint density at radius 2 is 2.11 bits per heavy atom. The predicted octanol–water partition coefficient (Wildman–Crippen LogP) is 3.71. The second kappa shape index (κ2) is 7.87. The van der Waals surface area contributed by atoms with Crippen molar-refractivity contribution >= 4 is 15.9 Å². The highest BCUT2D eigenvalue weighted by Gasteiger charge is 2.20. The summed E-state index contributed by atoms with van der Waals surface area (Å²) in [5.74, 6) is -0.177. The van der Waals surface area contributed by atoms with E-state index in [2.05, 4.69) is 34.7 Å². The zero-order chi connectivity index (χ0) is 13.5. The summed E-state index contributed by atoms with van der Waals surface area (Å²) in [6.07, 6.45) is 2.24. The van der Waals surface area contributed by atoms with Crippen LogP contribution in [0.1, 0.15) is 38.3 Å². The van der Waals surface area contributed by atoms with E-state index >= 15 is 0 Å². The molecule has 0 aliphatic carbocycles.